The first-order chi connectivity index (χ1) is 11.9. The van der Waals surface area contributed by atoms with Gasteiger partial charge in [-0.05, 0) is 55.0 Å². The summed E-state index contributed by atoms with van der Waals surface area (Å²) in [6.07, 6.45) is 0. The zero-order valence-corrected chi connectivity index (χ0v) is 15.7. The summed E-state index contributed by atoms with van der Waals surface area (Å²) in [4.78, 5) is 23.3. The second-order valence-corrected chi connectivity index (χ2v) is 6.36. The Morgan fingerprint density at radius 2 is 1.48 bits per heavy atom. The fraction of sp³-hybridized carbons (Fsp3) is 0.176. The Hall–Kier alpha value is -2.25. The topological polar surface area (TPSA) is 76.7 Å². The quantitative estimate of drug-likeness (QED) is 0.695. The van der Waals surface area contributed by atoms with Crippen LogP contribution in [0.1, 0.15) is 5.56 Å². The molecule has 8 heteroatoms. The predicted molar refractivity (Wildman–Crippen MR) is 97.6 cm³/mol. The van der Waals surface area contributed by atoms with Crippen LogP contribution in [-0.4, -0.2) is 25.0 Å². The minimum absolute atomic E-state index is 0.223. The molecule has 6 nitrogen and oxygen atoms in total. The van der Waals surface area contributed by atoms with Crippen LogP contribution >= 0.6 is 27.5 Å². The summed E-state index contributed by atoms with van der Waals surface area (Å²) < 4.78 is 11.5. The first kappa shape index (κ1) is 19.1. The molecule has 0 saturated heterocycles. The predicted octanol–water partition coefficient (Wildman–Crippen LogP) is 3.02. The van der Waals surface area contributed by atoms with E-state index in [0.717, 1.165) is 10.0 Å². The summed E-state index contributed by atoms with van der Waals surface area (Å²) in [6.45, 7) is 1.37. The van der Waals surface area contributed by atoms with Gasteiger partial charge in [0.2, 0.25) is 0 Å². The summed E-state index contributed by atoms with van der Waals surface area (Å²) in [5.74, 6) is 0.0799. The zero-order chi connectivity index (χ0) is 18.2. The first-order valence-electron chi connectivity index (χ1n) is 7.29. The van der Waals surface area contributed by atoms with Gasteiger partial charge in [0.15, 0.2) is 13.2 Å². The van der Waals surface area contributed by atoms with E-state index in [4.69, 9.17) is 21.1 Å². The van der Waals surface area contributed by atoms with Gasteiger partial charge >= 0.3 is 0 Å². The van der Waals surface area contributed by atoms with Crippen molar-refractivity contribution in [2.24, 2.45) is 0 Å². The number of carbonyl (C=O) groups excluding carboxylic acids is 2. The van der Waals surface area contributed by atoms with Gasteiger partial charge in [-0.2, -0.15) is 0 Å². The van der Waals surface area contributed by atoms with Gasteiger partial charge in [0.1, 0.15) is 11.5 Å². The smallest absolute Gasteiger partial charge is 0.276 e. The van der Waals surface area contributed by atoms with Crippen molar-refractivity contribution < 1.29 is 19.1 Å². The van der Waals surface area contributed by atoms with Crippen molar-refractivity contribution in [3.63, 3.8) is 0 Å². The lowest BCUT2D eigenvalue weighted by Crippen LogP contribution is -2.45. The van der Waals surface area contributed by atoms with Gasteiger partial charge in [-0.25, -0.2) is 0 Å². The Kier molecular flexibility index (Phi) is 7.09. The standard InChI is InChI=1S/C17H16BrClN2O4/c1-11-8-14(6-7-15(11)19)25-10-17(23)21-20-16(22)9-24-13-4-2-12(18)3-5-13/h2-8H,9-10H2,1H3,(H,20,22)(H,21,23). The Morgan fingerprint density at radius 3 is 2.04 bits per heavy atom. The van der Waals surface area contributed by atoms with E-state index in [1.807, 2.05) is 6.92 Å². The molecule has 0 saturated carbocycles. The van der Waals surface area contributed by atoms with Gasteiger partial charge in [-0.1, -0.05) is 27.5 Å². The second-order valence-electron chi connectivity index (χ2n) is 5.04. The van der Waals surface area contributed by atoms with Gasteiger partial charge in [-0.3, -0.25) is 20.4 Å². The molecular formula is C17H16BrClN2O4. The highest BCUT2D eigenvalue weighted by atomic mass is 79.9. The van der Waals surface area contributed by atoms with E-state index in [2.05, 4.69) is 26.8 Å². The lowest BCUT2D eigenvalue weighted by Gasteiger charge is -2.10. The summed E-state index contributed by atoms with van der Waals surface area (Å²) in [5.41, 5.74) is 5.34. The largest absolute Gasteiger partial charge is 0.484 e. The van der Waals surface area contributed by atoms with Crippen LogP contribution in [0, 0.1) is 6.92 Å². The van der Waals surface area contributed by atoms with E-state index in [1.54, 1.807) is 42.5 Å². The number of halogens is 2. The lowest BCUT2D eigenvalue weighted by atomic mass is 10.2. The van der Waals surface area contributed by atoms with E-state index in [9.17, 15) is 9.59 Å². The number of rotatable bonds is 6. The summed E-state index contributed by atoms with van der Waals surface area (Å²) >= 11 is 9.22. The van der Waals surface area contributed by atoms with Crippen LogP contribution in [0.2, 0.25) is 5.02 Å². The fourth-order valence-electron chi connectivity index (χ4n) is 1.75. The Morgan fingerprint density at radius 1 is 0.960 bits per heavy atom. The van der Waals surface area contributed by atoms with E-state index in [-0.39, 0.29) is 13.2 Å². The van der Waals surface area contributed by atoms with Crippen molar-refractivity contribution in [1.29, 1.82) is 0 Å². The number of nitrogens with one attached hydrogen (secondary N) is 2. The molecule has 2 N–H and O–H groups in total. The Labute approximate surface area is 158 Å². The van der Waals surface area contributed by atoms with E-state index >= 15 is 0 Å². The molecule has 2 rings (SSSR count). The SMILES string of the molecule is Cc1cc(OCC(=O)NNC(=O)COc2ccc(Br)cc2)ccc1Cl. The average molecular weight is 428 g/mol. The highest BCUT2D eigenvalue weighted by Gasteiger charge is 2.07. The summed E-state index contributed by atoms with van der Waals surface area (Å²) in [6, 6.07) is 12.1. The molecule has 132 valence electrons. The molecule has 0 atom stereocenters. The fourth-order valence-corrected chi connectivity index (χ4v) is 2.13. The van der Waals surface area contributed by atoms with E-state index in [1.165, 1.54) is 0 Å². The van der Waals surface area contributed by atoms with Crippen molar-refractivity contribution >= 4 is 39.3 Å². The van der Waals surface area contributed by atoms with Crippen LogP contribution in [0.3, 0.4) is 0 Å². The van der Waals surface area contributed by atoms with Crippen molar-refractivity contribution in [3.8, 4) is 11.5 Å². The highest BCUT2D eigenvalue weighted by molar-refractivity contribution is 9.10. The molecule has 0 unspecified atom stereocenters. The molecule has 2 amide bonds. The van der Waals surface area contributed by atoms with Gasteiger partial charge in [0.05, 0.1) is 0 Å². The number of hydrazine groups is 1. The molecule has 0 spiro atoms. The molecule has 0 aliphatic rings. The number of amides is 2. The number of benzene rings is 2. The minimum atomic E-state index is -0.496. The monoisotopic (exact) mass is 426 g/mol. The van der Waals surface area contributed by atoms with Crippen LogP contribution in [0.5, 0.6) is 11.5 Å². The van der Waals surface area contributed by atoms with Gasteiger partial charge in [0, 0.05) is 9.50 Å². The Balaban J connectivity index is 1.67. The van der Waals surface area contributed by atoms with Crippen LogP contribution < -0.4 is 20.3 Å². The number of hydrogen-bond donors (Lipinski definition) is 2. The van der Waals surface area contributed by atoms with Crippen LogP contribution in [0.15, 0.2) is 46.9 Å². The maximum atomic E-state index is 11.7. The number of hydrogen-bond acceptors (Lipinski definition) is 4. The van der Waals surface area contributed by atoms with Gasteiger partial charge < -0.3 is 9.47 Å². The zero-order valence-electron chi connectivity index (χ0n) is 13.3. The maximum Gasteiger partial charge on any atom is 0.276 e. The molecule has 0 fully saturated rings. The molecule has 0 bridgehead atoms. The Bertz CT molecular complexity index is 753. The summed E-state index contributed by atoms with van der Waals surface area (Å²) in [5, 5.41) is 0.620. The molecule has 25 heavy (non-hydrogen) atoms. The highest BCUT2D eigenvalue weighted by Crippen LogP contribution is 2.20. The van der Waals surface area contributed by atoms with Gasteiger partial charge in [-0.15, -0.1) is 0 Å². The number of ether oxygens (including phenoxy) is 2. The summed E-state index contributed by atoms with van der Waals surface area (Å²) in [7, 11) is 0. The third-order valence-corrected chi connectivity index (χ3v) is 3.98. The molecule has 2 aromatic carbocycles. The van der Waals surface area contributed by atoms with E-state index in [0.29, 0.717) is 16.5 Å². The molecule has 0 aliphatic carbocycles. The second kappa shape index (κ2) is 9.29. The lowest BCUT2D eigenvalue weighted by molar-refractivity contribution is -0.131. The molecule has 0 radical (unpaired) electrons. The molecular weight excluding hydrogens is 412 g/mol. The first-order valence-corrected chi connectivity index (χ1v) is 8.46. The van der Waals surface area contributed by atoms with Crippen molar-refractivity contribution in [2.75, 3.05) is 13.2 Å². The van der Waals surface area contributed by atoms with Crippen LogP contribution in [-0.2, 0) is 9.59 Å². The normalized spacial score (nSPS) is 10.0. The third-order valence-electron chi connectivity index (χ3n) is 3.02. The number of carbonyl (C=O) groups is 2. The van der Waals surface area contributed by atoms with Crippen molar-refractivity contribution in [1.82, 2.24) is 10.9 Å². The molecule has 0 heterocycles. The van der Waals surface area contributed by atoms with Crippen LogP contribution in [0.4, 0.5) is 0 Å². The molecule has 2 aromatic rings. The molecule has 0 aliphatic heterocycles. The molecule has 0 aromatic heterocycles. The van der Waals surface area contributed by atoms with Crippen molar-refractivity contribution in [2.45, 2.75) is 6.92 Å². The van der Waals surface area contributed by atoms with E-state index < -0.39 is 11.8 Å². The van der Waals surface area contributed by atoms with Gasteiger partial charge in [0.25, 0.3) is 11.8 Å². The maximum absolute atomic E-state index is 11.7. The average Bonchev–Trinajstić information content (AvgIpc) is 2.60. The third kappa shape index (κ3) is 6.64. The van der Waals surface area contributed by atoms with Crippen molar-refractivity contribution in [3.05, 3.63) is 57.5 Å². The minimum Gasteiger partial charge on any atom is -0.484 e. The number of aryl methyl sites for hydroxylation is 1. The van der Waals surface area contributed by atoms with Crippen LogP contribution in [0.25, 0.3) is 0 Å².